The largest absolute Gasteiger partial charge is 0.353 e. The Morgan fingerprint density at radius 2 is 1.11 bits per heavy atom. The molecule has 0 radical (unpaired) electrons. The summed E-state index contributed by atoms with van der Waals surface area (Å²) >= 11 is 0. The maximum absolute atomic E-state index is 14.5. The lowest BCUT2D eigenvalue weighted by molar-refractivity contribution is 0.0835. The predicted molar refractivity (Wildman–Crippen MR) is 218 cm³/mol. The third-order valence-corrected chi connectivity index (χ3v) is 14.8. The van der Waals surface area contributed by atoms with Gasteiger partial charge in [0.15, 0.2) is 33.0 Å². The minimum absolute atomic E-state index is 0.0222. The highest BCUT2D eigenvalue weighted by Crippen LogP contribution is 2.47. The van der Waals surface area contributed by atoms with Crippen molar-refractivity contribution in [1.29, 1.82) is 0 Å². The second-order valence-corrected chi connectivity index (χ2v) is 20.4. The number of rotatable bonds is 11. The van der Waals surface area contributed by atoms with Crippen molar-refractivity contribution in [2.45, 2.75) is 26.0 Å². The van der Waals surface area contributed by atoms with Gasteiger partial charge >= 0.3 is 0 Å². The van der Waals surface area contributed by atoms with Crippen LogP contribution in [0.4, 0.5) is 11.4 Å². The number of hydrogen-bond donors (Lipinski definition) is 5. The van der Waals surface area contributed by atoms with Crippen molar-refractivity contribution in [2.75, 3.05) is 11.1 Å². The third kappa shape index (κ3) is 6.96. The molecule has 22 heteroatoms. The molecule has 0 saturated carbocycles. The van der Waals surface area contributed by atoms with E-state index in [9.17, 15) is 71.3 Å². The first-order chi connectivity index (χ1) is 29.0. The fraction of sp³-hybridized carbons (Fsp3) is 0.0750. The second-order valence-electron chi connectivity index (χ2n) is 14.1. The summed E-state index contributed by atoms with van der Waals surface area (Å²) in [6.07, 6.45) is -0.654. The Hall–Kier alpha value is -6.53. The van der Waals surface area contributed by atoms with E-state index in [0.717, 1.165) is 0 Å². The number of aromatic nitrogens is 1. The summed E-state index contributed by atoms with van der Waals surface area (Å²) < 4.78 is 137. The number of Topliss-reactive ketones (excluding diaryl/α,β-unsaturated/α-hetero) is 2. The van der Waals surface area contributed by atoms with Gasteiger partial charge in [0, 0.05) is 33.2 Å². The Kier molecular flexibility index (Phi) is 9.89. The molecule has 1 aromatic heterocycles. The van der Waals surface area contributed by atoms with Crippen molar-refractivity contribution >= 4 is 85.6 Å². The van der Waals surface area contributed by atoms with Crippen LogP contribution in [-0.2, 0) is 40.2 Å². The molecule has 0 bridgehead atoms. The van der Waals surface area contributed by atoms with Gasteiger partial charge in [-0.15, -0.1) is 0 Å². The summed E-state index contributed by atoms with van der Waals surface area (Å²) in [4.78, 5) is 65.0. The van der Waals surface area contributed by atoms with Gasteiger partial charge < -0.3 is 10.3 Å². The molecule has 5 N–H and O–H groups in total. The summed E-state index contributed by atoms with van der Waals surface area (Å²) in [6, 6.07) is 19.5. The summed E-state index contributed by atoms with van der Waals surface area (Å²) in [5.74, 6) is -5.82. The minimum Gasteiger partial charge on any atom is -0.353 e. The third-order valence-electron chi connectivity index (χ3n) is 10.4. The molecule has 5 aromatic carbocycles. The van der Waals surface area contributed by atoms with Gasteiger partial charge in [-0.05, 0) is 30.2 Å². The number of fused-ring (bicyclic) bond motifs is 3. The molecular weight excluding hydrogens is 893 g/mol. The number of H-pyrrole nitrogens is 1. The van der Waals surface area contributed by atoms with Crippen molar-refractivity contribution in [3.8, 4) is 11.1 Å². The van der Waals surface area contributed by atoms with E-state index in [1.165, 1.54) is 72.8 Å². The van der Waals surface area contributed by atoms with Crippen LogP contribution in [0.5, 0.6) is 0 Å². The van der Waals surface area contributed by atoms with E-state index in [2.05, 4.69) is 10.3 Å². The van der Waals surface area contributed by atoms with Crippen LogP contribution in [0.25, 0.3) is 22.0 Å². The lowest BCUT2D eigenvalue weighted by Gasteiger charge is -2.26. The standard InChI is InChI=1S/C40H26N2O16S4/c43-36(19-8-2-1-3-9-19)33-30-21-10-4-5-11-22(21)39(46)31-26(18-29(62(56,57)58)35(32(30)31)42-40(33)47)41-34-27(60(50,51)52)16-20(17-28(34)61(53,54)55)59(48,49)15-14-25-37(44)23-12-6-7-13-24(23)38(25)45/h1-13,16-18,25,41H,14-15H2,(H,42,47)(H,50,51,52)(H,53,54,55)(H,56,57,58). The number of aromatic amines is 1. The first-order valence-electron chi connectivity index (χ1n) is 17.8. The number of hydrogen-bond acceptors (Lipinski definition) is 14. The van der Waals surface area contributed by atoms with Crippen molar-refractivity contribution in [2.24, 2.45) is 5.92 Å². The molecule has 0 spiro atoms. The molecule has 0 unspecified atom stereocenters. The zero-order valence-corrected chi connectivity index (χ0v) is 34.3. The number of benzene rings is 5. The maximum atomic E-state index is 14.5. The van der Waals surface area contributed by atoms with Gasteiger partial charge in [-0.25, -0.2) is 8.42 Å². The van der Waals surface area contributed by atoms with Crippen molar-refractivity contribution < 1.29 is 66.5 Å². The number of carbonyl (C=O) groups excluding carboxylic acids is 4. The molecule has 6 aromatic rings. The van der Waals surface area contributed by atoms with Gasteiger partial charge in [0.1, 0.15) is 14.7 Å². The second kappa shape index (κ2) is 14.5. The van der Waals surface area contributed by atoms with Crippen LogP contribution < -0.4 is 10.9 Å². The quantitative estimate of drug-likeness (QED) is 0.0685. The summed E-state index contributed by atoms with van der Waals surface area (Å²) in [5, 5.41) is 1.73. The minimum atomic E-state index is -5.77. The summed E-state index contributed by atoms with van der Waals surface area (Å²) in [6.45, 7) is 0. The molecule has 62 heavy (non-hydrogen) atoms. The molecular formula is C40H26N2O16S4. The van der Waals surface area contributed by atoms with Crippen molar-refractivity contribution in [3.05, 3.63) is 141 Å². The van der Waals surface area contributed by atoms with Crippen LogP contribution in [0.2, 0.25) is 0 Å². The Bertz CT molecular complexity index is 3500. The number of pyridine rings is 1. The van der Waals surface area contributed by atoms with E-state index in [0.29, 0.717) is 6.07 Å². The molecule has 0 fully saturated rings. The fourth-order valence-corrected chi connectivity index (χ4v) is 11.4. The number of ketones is 4. The van der Waals surface area contributed by atoms with E-state index in [-0.39, 0.29) is 45.5 Å². The molecule has 0 amide bonds. The van der Waals surface area contributed by atoms with Gasteiger partial charge in [-0.1, -0.05) is 78.9 Å². The van der Waals surface area contributed by atoms with E-state index in [1.807, 2.05) is 0 Å². The van der Waals surface area contributed by atoms with Gasteiger partial charge in [0.05, 0.1) is 44.6 Å². The van der Waals surface area contributed by atoms with Gasteiger partial charge in [0.25, 0.3) is 35.9 Å². The normalized spacial score (nSPS) is 14.2. The number of sulfone groups is 1. The van der Waals surface area contributed by atoms with Crippen LogP contribution in [0.3, 0.4) is 0 Å². The van der Waals surface area contributed by atoms with Crippen LogP contribution in [-0.4, -0.2) is 81.2 Å². The number of carbonyl (C=O) groups is 4. The van der Waals surface area contributed by atoms with E-state index in [1.54, 1.807) is 6.07 Å². The lowest BCUT2D eigenvalue weighted by atomic mass is 9.80. The maximum Gasteiger partial charge on any atom is 0.296 e. The monoisotopic (exact) mass is 918 g/mol. The highest BCUT2D eigenvalue weighted by Gasteiger charge is 2.40. The molecule has 1 heterocycles. The molecule has 0 saturated heterocycles. The topological polar surface area (TPSA) is 310 Å². The lowest BCUT2D eigenvalue weighted by Crippen LogP contribution is -2.25. The van der Waals surface area contributed by atoms with Gasteiger partial charge in [-0.3, -0.25) is 37.6 Å². The van der Waals surface area contributed by atoms with E-state index < -0.39 is 140 Å². The Balaban J connectivity index is 1.36. The van der Waals surface area contributed by atoms with Crippen LogP contribution in [0.15, 0.2) is 121 Å². The first-order valence-corrected chi connectivity index (χ1v) is 23.8. The van der Waals surface area contributed by atoms with Crippen LogP contribution in [0.1, 0.15) is 59.0 Å². The molecule has 8 rings (SSSR count). The summed E-state index contributed by atoms with van der Waals surface area (Å²) in [7, 11) is -21.9. The Labute approximate surface area is 350 Å². The molecule has 316 valence electrons. The van der Waals surface area contributed by atoms with Gasteiger partial charge in [-0.2, -0.15) is 25.3 Å². The predicted octanol–water partition coefficient (Wildman–Crippen LogP) is 4.31. The van der Waals surface area contributed by atoms with E-state index >= 15 is 0 Å². The molecule has 0 atom stereocenters. The number of nitrogens with one attached hydrogen (secondary N) is 2. The van der Waals surface area contributed by atoms with E-state index in [4.69, 9.17) is 0 Å². The first kappa shape index (κ1) is 42.2. The number of anilines is 2. The van der Waals surface area contributed by atoms with Crippen molar-refractivity contribution in [3.63, 3.8) is 0 Å². The molecule has 0 aliphatic heterocycles. The van der Waals surface area contributed by atoms with Crippen molar-refractivity contribution in [1.82, 2.24) is 4.98 Å². The molecule has 18 nitrogen and oxygen atoms in total. The fourth-order valence-electron chi connectivity index (χ4n) is 7.71. The molecule has 2 aliphatic carbocycles. The zero-order chi connectivity index (χ0) is 44.8. The SMILES string of the molecule is O=C(c1ccccc1)c1c2c3c(c(Nc4c(S(=O)(=O)O)cc(S(=O)(=O)CCC5C(=O)c6ccccc6C5=O)cc4S(=O)(=O)O)cc(S(=O)(=O)O)c3[nH]c1=O)C(=O)c1ccccc1-2. The highest BCUT2D eigenvalue weighted by molar-refractivity contribution is 7.91. The summed E-state index contributed by atoms with van der Waals surface area (Å²) in [5.41, 5.74) is -5.84. The Morgan fingerprint density at radius 1 is 0.613 bits per heavy atom. The average molecular weight is 919 g/mol. The van der Waals surface area contributed by atoms with Gasteiger partial charge in [0.2, 0.25) is 0 Å². The van der Waals surface area contributed by atoms with Crippen LogP contribution in [0, 0.1) is 5.92 Å². The Morgan fingerprint density at radius 3 is 1.65 bits per heavy atom. The highest BCUT2D eigenvalue weighted by atomic mass is 32.2. The molecule has 2 aliphatic rings. The smallest absolute Gasteiger partial charge is 0.296 e. The van der Waals surface area contributed by atoms with Crippen LogP contribution >= 0.6 is 0 Å². The average Bonchev–Trinajstić information content (AvgIpc) is 3.45. The zero-order valence-electron chi connectivity index (χ0n) is 31.0.